The van der Waals surface area contributed by atoms with Gasteiger partial charge in [0.05, 0.1) is 5.56 Å². The van der Waals surface area contributed by atoms with Crippen molar-refractivity contribution >= 4 is 17.9 Å². The molecule has 0 radical (unpaired) electrons. The fourth-order valence-electron chi connectivity index (χ4n) is 2.37. The zero-order chi connectivity index (χ0) is 17.7. The van der Waals surface area contributed by atoms with Crippen LogP contribution in [0.25, 0.3) is 0 Å². The van der Waals surface area contributed by atoms with Gasteiger partial charge in [0.25, 0.3) is 5.79 Å². The molecule has 3 atom stereocenters. The first-order valence-corrected chi connectivity index (χ1v) is 7.34. The Morgan fingerprint density at radius 3 is 2.29 bits per heavy atom. The molecule has 7 heteroatoms. The predicted molar refractivity (Wildman–Crippen MR) is 81.7 cm³/mol. The summed E-state index contributed by atoms with van der Waals surface area (Å²) in [4.78, 5) is 34.8. The van der Waals surface area contributed by atoms with E-state index >= 15 is 0 Å². The normalized spacial score (nSPS) is 25.6. The van der Waals surface area contributed by atoms with Crippen molar-refractivity contribution in [3.63, 3.8) is 0 Å². The Morgan fingerprint density at radius 1 is 1.08 bits per heavy atom. The lowest BCUT2D eigenvalue weighted by atomic mass is 9.94. The number of carbonyl (C=O) groups is 3. The maximum atomic E-state index is 12.2. The van der Waals surface area contributed by atoms with E-state index in [-0.39, 0.29) is 12.0 Å². The van der Waals surface area contributed by atoms with E-state index in [1.165, 1.54) is 31.2 Å². The number of carbonyl (C=O) groups excluding carboxylic acids is 3. The highest BCUT2D eigenvalue weighted by Gasteiger charge is 2.50. The van der Waals surface area contributed by atoms with Crippen LogP contribution in [-0.4, -0.2) is 41.0 Å². The molecule has 0 spiro atoms. The van der Waals surface area contributed by atoms with Crippen LogP contribution in [0.1, 0.15) is 30.6 Å². The molecule has 7 nitrogen and oxygen atoms in total. The van der Waals surface area contributed by atoms with Gasteiger partial charge in [-0.05, 0) is 18.2 Å². The second-order valence-corrected chi connectivity index (χ2v) is 5.34. The molecule has 0 unspecified atom stereocenters. The third kappa shape index (κ3) is 4.20. The van der Waals surface area contributed by atoms with Gasteiger partial charge < -0.3 is 19.3 Å². The van der Waals surface area contributed by atoms with Crippen LogP contribution in [0.2, 0.25) is 0 Å². The van der Waals surface area contributed by atoms with E-state index in [2.05, 4.69) is 0 Å². The number of ether oxygens (including phenoxy) is 3. The van der Waals surface area contributed by atoms with E-state index in [1.54, 1.807) is 18.2 Å². The Hall–Kier alpha value is -2.67. The first-order valence-electron chi connectivity index (χ1n) is 7.34. The number of hydrogen-bond donors (Lipinski definition) is 1. The van der Waals surface area contributed by atoms with Crippen LogP contribution in [0.4, 0.5) is 0 Å². The molecule has 0 saturated carbocycles. The number of aliphatic hydroxyl groups is 1. The fraction of sp³-hybridized carbons (Fsp3) is 0.353. The number of benzene rings is 1. The summed E-state index contributed by atoms with van der Waals surface area (Å²) < 4.78 is 15.3. The van der Waals surface area contributed by atoms with Crippen molar-refractivity contribution in [3.05, 3.63) is 48.0 Å². The summed E-state index contributed by atoms with van der Waals surface area (Å²) in [5, 5.41) is 10.7. The maximum absolute atomic E-state index is 12.2. The van der Waals surface area contributed by atoms with Gasteiger partial charge in [-0.25, -0.2) is 4.79 Å². The lowest BCUT2D eigenvalue weighted by molar-refractivity contribution is -0.253. The fourth-order valence-corrected chi connectivity index (χ4v) is 2.37. The molecule has 1 aromatic carbocycles. The molecule has 0 aromatic heterocycles. The van der Waals surface area contributed by atoms with Crippen molar-refractivity contribution in [2.24, 2.45) is 0 Å². The second kappa shape index (κ2) is 7.27. The van der Waals surface area contributed by atoms with Crippen molar-refractivity contribution in [3.8, 4) is 0 Å². The SMILES string of the molecule is CC(=O)O[C@@H]1C=CC[C@@](O)(OC(=O)c2ccccc2)[C@H]1OC(C)=O. The molecule has 0 fully saturated rings. The van der Waals surface area contributed by atoms with Crippen LogP contribution in [0.15, 0.2) is 42.5 Å². The van der Waals surface area contributed by atoms with Crippen LogP contribution < -0.4 is 0 Å². The molecule has 2 rings (SSSR count). The van der Waals surface area contributed by atoms with Crippen LogP contribution in [0.5, 0.6) is 0 Å². The molecule has 1 N–H and O–H groups in total. The van der Waals surface area contributed by atoms with Crippen molar-refractivity contribution < 1.29 is 33.7 Å². The molecule has 1 aliphatic rings. The first-order chi connectivity index (χ1) is 11.3. The van der Waals surface area contributed by atoms with Crippen LogP contribution in [0.3, 0.4) is 0 Å². The van der Waals surface area contributed by atoms with Gasteiger partial charge in [-0.2, -0.15) is 0 Å². The zero-order valence-corrected chi connectivity index (χ0v) is 13.3. The van der Waals surface area contributed by atoms with Gasteiger partial charge in [0.1, 0.15) is 0 Å². The van der Waals surface area contributed by atoms with E-state index < -0.39 is 35.9 Å². The third-order valence-electron chi connectivity index (χ3n) is 3.35. The minimum absolute atomic E-state index is 0.110. The topological polar surface area (TPSA) is 99.1 Å². The van der Waals surface area contributed by atoms with Gasteiger partial charge in [0.2, 0.25) is 6.10 Å². The van der Waals surface area contributed by atoms with Crippen molar-refractivity contribution in [2.45, 2.75) is 38.3 Å². The Morgan fingerprint density at radius 2 is 1.71 bits per heavy atom. The highest BCUT2D eigenvalue weighted by atomic mass is 16.7. The van der Waals surface area contributed by atoms with E-state index in [9.17, 15) is 19.5 Å². The molecule has 0 bridgehead atoms. The average Bonchev–Trinajstić information content (AvgIpc) is 2.51. The predicted octanol–water partition coefficient (Wildman–Crippen LogP) is 1.36. The highest BCUT2D eigenvalue weighted by Crippen LogP contribution is 2.31. The first kappa shape index (κ1) is 17.7. The zero-order valence-electron chi connectivity index (χ0n) is 13.3. The summed E-state index contributed by atoms with van der Waals surface area (Å²) in [5.74, 6) is -4.26. The maximum Gasteiger partial charge on any atom is 0.340 e. The highest BCUT2D eigenvalue weighted by molar-refractivity contribution is 5.89. The summed E-state index contributed by atoms with van der Waals surface area (Å²) >= 11 is 0. The molecule has 1 aromatic rings. The van der Waals surface area contributed by atoms with Gasteiger partial charge in [-0.1, -0.05) is 24.3 Å². The third-order valence-corrected chi connectivity index (χ3v) is 3.35. The minimum Gasteiger partial charge on any atom is -0.454 e. The summed E-state index contributed by atoms with van der Waals surface area (Å²) in [7, 11) is 0. The van der Waals surface area contributed by atoms with Gasteiger partial charge in [-0.15, -0.1) is 0 Å². The standard InChI is InChI=1S/C17H18O7/c1-11(18)22-14-9-6-10-17(21,15(14)23-12(2)19)24-16(20)13-7-4-3-5-8-13/h3-9,14-15,21H,10H2,1-2H3/t14-,15+,17-/m1/s1. The molecular formula is C17H18O7. The van der Waals surface area contributed by atoms with Gasteiger partial charge in [0, 0.05) is 20.3 Å². The summed E-state index contributed by atoms with van der Waals surface area (Å²) in [6.45, 7) is 2.32. The van der Waals surface area contributed by atoms with Gasteiger partial charge in [-0.3, -0.25) is 9.59 Å². The Balaban J connectivity index is 2.26. The lowest BCUT2D eigenvalue weighted by Gasteiger charge is -2.39. The van der Waals surface area contributed by atoms with Crippen LogP contribution >= 0.6 is 0 Å². The molecule has 0 saturated heterocycles. The molecule has 128 valence electrons. The van der Waals surface area contributed by atoms with Gasteiger partial charge >= 0.3 is 17.9 Å². The second-order valence-electron chi connectivity index (χ2n) is 5.34. The molecule has 0 aliphatic heterocycles. The summed E-state index contributed by atoms with van der Waals surface area (Å²) in [6, 6.07) is 8.07. The summed E-state index contributed by atoms with van der Waals surface area (Å²) in [5.41, 5.74) is 0.228. The Bertz CT molecular complexity index is 652. The van der Waals surface area contributed by atoms with E-state index in [0.717, 1.165) is 6.92 Å². The van der Waals surface area contributed by atoms with Crippen LogP contribution in [-0.2, 0) is 23.8 Å². The smallest absolute Gasteiger partial charge is 0.340 e. The Kier molecular flexibility index (Phi) is 5.35. The molecule has 0 amide bonds. The molecular weight excluding hydrogens is 316 g/mol. The van der Waals surface area contributed by atoms with Crippen molar-refractivity contribution in [1.29, 1.82) is 0 Å². The van der Waals surface area contributed by atoms with E-state index in [1.807, 2.05) is 0 Å². The minimum atomic E-state index is -2.15. The summed E-state index contributed by atoms with van der Waals surface area (Å²) in [6.07, 6.45) is 0.428. The van der Waals surface area contributed by atoms with E-state index in [4.69, 9.17) is 14.2 Å². The molecule has 0 heterocycles. The lowest BCUT2D eigenvalue weighted by Crippen LogP contribution is -2.56. The molecule has 24 heavy (non-hydrogen) atoms. The number of hydrogen-bond acceptors (Lipinski definition) is 7. The number of esters is 3. The quantitative estimate of drug-likeness (QED) is 0.384. The van der Waals surface area contributed by atoms with Crippen molar-refractivity contribution in [1.82, 2.24) is 0 Å². The van der Waals surface area contributed by atoms with E-state index in [0.29, 0.717) is 0 Å². The monoisotopic (exact) mass is 334 g/mol. The van der Waals surface area contributed by atoms with Crippen LogP contribution in [0, 0.1) is 0 Å². The Labute approximate surface area is 138 Å². The largest absolute Gasteiger partial charge is 0.454 e. The van der Waals surface area contributed by atoms with Gasteiger partial charge in [0.15, 0.2) is 6.10 Å². The molecule has 1 aliphatic carbocycles. The average molecular weight is 334 g/mol. The number of rotatable bonds is 4. The van der Waals surface area contributed by atoms with Crippen molar-refractivity contribution in [2.75, 3.05) is 0 Å².